The number of amides is 2. The highest BCUT2D eigenvalue weighted by molar-refractivity contribution is 5.88. The molecule has 0 saturated heterocycles. The van der Waals surface area contributed by atoms with E-state index in [1.807, 2.05) is 91.9 Å². The minimum absolute atomic E-state index is 0.0600. The third kappa shape index (κ3) is 6.94. The standard InChI is InChI=1S/C28H32N2O3/c1-3-20-29-28(32)27(24-12-8-5-9-13-24)30(21-23-14-17-25(33-2)18-15-23)26(31)19-16-22-10-6-4-7-11-22/h4-15,17-18,27H,3,16,19-21H2,1-2H3,(H,29,32)/t27-/m1/s1. The Balaban J connectivity index is 1.91. The number of carbonyl (C=O) groups excluding carboxylic acids is 2. The molecule has 0 aliphatic carbocycles. The SMILES string of the molecule is CCCNC(=O)[C@@H](c1ccccc1)N(Cc1ccc(OC)cc1)C(=O)CCc1ccccc1. The van der Waals surface area contributed by atoms with E-state index in [2.05, 4.69) is 5.32 Å². The van der Waals surface area contributed by atoms with Crippen LogP contribution >= 0.6 is 0 Å². The molecule has 3 aromatic carbocycles. The third-order valence-corrected chi connectivity index (χ3v) is 5.53. The molecule has 0 unspecified atom stereocenters. The van der Waals surface area contributed by atoms with Crippen molar-refractivity contribution in [2.45, 2.75) is 38.8 Å². The second-order valence-corrected chi connectivity index (χ2v) is 7.96. The molecular weight excluding hydrogens is 412 g/mol. The average Bonchev–Trinajstić information content (AvgIpc) is 2.87. The number of hydrogen-bond donors (Lipinski definition) is 1. The van der Waals surface area contributed by atoms with Gasteiger partial charge in [0.1, 0.15) is 11.8 Å². The zero-order chi connectivity index (χ0) is 23.5. The fourth-order valence-corrected chi connectivity index (χ4v) is 3.74. The van der Waals surface area contributed by atoms with E-state index in [9.17, 15) is 9.59 Å². The fourth-order valence-electron chi connectivity index (χ4n) is 3.74. The lowest BCUT2D eigenvalue weighted by Crippen LogP contribution is -2.43. The summed E-state index contributed by atoms with van der Waals surface area (Å²) in [6.45, 7) is 2.91. The van der Waals surface area contributed by atoms with Crippen LogP contribution in [0.5, 0.6) is 5.75 Å². The van der Waals surface area contributed by atoms with Crippen molar-refractivity contribution >= 4 is 11.8 Å². The van der Waals surface area contributed by atoms with E-state index < -0.39 is 6.04 Å². The first-order chi connectivity index (χ1) is 16.1. The topological polar surface area (TPSA) is 58.6 Å². The van der Waals surface area contributed by atoms with Gasteiger partial charge in [0.05, 0.1) is 7.11 Å². The van der Waals surface area contributed by atoms with Gasteiger partial charge in [0.15, 0.2) is 0 Å². The Kier molecular flexibility index (Phi) is 9.07. The number of aryl methyl sites for hydroxylation is 1. The van der Waals surface area contributed by atoms with Crippen LogP contribution in [0.15, 0.2) is 84.9 Å². The van der Waals surface area contributed by atoms with Gasteiger partial charge in [0.25, 0.3) is 0 Å². The van der Waals surface area contributed by atoms with Crippen LogP contribution in [0.2, 0.25) is 0 Å². The Hall–Kier alpha value is -3.60. The fraction of sp³-hybridized carbons (Fsp3) is 0.286. The maximum atomic E-state index is 13.6. The summed E-state index contributed by atoms with van der Waals surface area (Å²) in [5, 5.41) is 2.99. The van der Waals surface area contributed by atoms with Gasteiger partial charge < -0.3 is 15.0 Å². The Labute approximate surface area is 196 Å². The molecule has 0 heterocycles. The monoisotopic (exact) mass is 444 g/mol. The predicted octanol–water partition coefficient (Wildman–Crippen LogP) is 4.92. The highest BCUT2D eigenvalue weighted by Gasteiger charge is 2.31. The van der Waals surface area contributed by atoms with Crippen molar-refractivity contribution < 1.29 is 14.3 Å². The quantitative estimate of drug-likeness (QED) is 0.456. The summed E-state index contributed by atoms with van der Waals surface area (Å²) in [6, 6.07) is 26.4. The average molecular weight is 445 g/mol. The lowest BCUT2D eigenvalue weighted by Gasteiger charge is -2.32. The van der Waals surface area contributed by atoms with Crippen LogP contribution < -0.4 is 10.1 Å². The number of carbonyl (C=O) groups is 2. The number of nitrogens with zero attached hydrogens (tertiary/aromatic N) is 1. The Morgan fingerprint density at radius 3 is 2.12 bits per heavy atom. The van der Waals surface area contributed by atoms with Crippen molar-refractivity contribution in [3.63, 3.8) is 0 Å². The van der Waals surface area contributed by atoms with E-state index in [0.717, 1.165) is 28.9 Å². The van der Waals surface area contributed by atoms with Crippen molar-refractivity contribution in [2.75, 3.05) is 13.7 Å². The molecule has 5 nitrogen and oxygen atoms in total. The first-order valence-electron chi connectivity index (χ1n) is 11.4. The van der Waals surface area contributed by atoms with Gasteiger partial charge in [0.2, 0.25) is 11.8 Å². The summed E-state index contributed by atoms with van der Waals surface area (Å²) in [5.41, 5.74) is 2.84. The van der Waals surface area contributed by atoms with Gasteiger partial charge in [-0.2, -0.15) is 0 Å². The molecule has 172 valence electrons. The summed E-state index contributed by atoms with van der Waals surface area (Å²) in [4.78, 5) is 28.5. The van der Waals surface area contributed by atoms with Gasteiger partial charge in [0, 0.05) is 19.5 Å². The normalized spacial score (nSPS) is 11.5. The molecule has 0 fully saturated rings. The Morgan fingerprint density at radius 1 is 0.879 bits per heavy atom. The van der Waals surface area contributed by atoms with E-state index in [1.54, 1.807) is 12.0 Å². The molecule has 5 heteroatoms. The van der Waals surface area contributed by atoms with Crippen LogP contribution in [0.1, 0.15) is 42.5 Å². The van der Waals surface area contributed by atoms with Gasteiger partial charge in [-0.25, -0.2) is 0 Å². The summed E-state index contributed by atoms with van der Waals surface area (Å²) in [6.07, 6.45) is 1.77. The van der Waals surface area contributed by atoms with E-state index in [0.29, 0.717) is 25.9 Å². The number of methoxy groups -OCH3 is 1. The molecule has 0 bridgehead atoms. The molecule has 2 amide bonds. The molecule has 3 rings (SSSR count). The van der Waals surface area contributed by atoms with E-state index in [-0.39, 0.29) is 11.8 Å². The molecule has 1 N–H and O–H groups in total. The van der Waals surface area contributed by atoms with Crippen LogP contribution in [-0.4, -0.2) is 30.4 Å². The van der Waals surface area contributed by atoms with Crippen LogP contribution in [0.3, 0.4) is 0 Å². The van der Waals surface area contributed by atoms with Crippen molar-refractivity contribution in [1.82, 2.24) is 10.2 Å². The summed E-state index contributed by atoms with van der Waals surface area (Å²) < 4.78 is 5.26. The van der Waals surface area contributed by atoms with Gasteiger partial charge in [-0.1, -0.05) is 79.7 Å². The Bertz CT molecular complexity index is 1000. The maximum absolute atomic E-state index is 13.6. The molecule has 0 spiro atoms. The molecule has 0 saturated carbocycles. The number of ether oxygens (including phenoxy) is 1. The zero-order valence-electron chi connectivity index (χ0n) is 19.4. The second kappa shape index (κ2) is 12.4. The second-order valence-electron chi connectivity index (χ2n) is 7.96. The number of rotatable bonds is 11. The van der Waals surface area contributed by atoms with E-state index in [1.165, 1.54) is 0 Å². The molecule has 1 atom stereocenters. The maximum Gasteiger partial charge on any atom is 0.247 e. The Morgan fingerprint density at radius 2 is 1.52 bits per heavy atom. The molecule has 0 aromatic heterocycles. The third-order valence-electron chi connectivity index (χ3n) is 5.53. The molecule has 0 aliphatic heterocycles. The molecule has 33 heavy (non-hydrogen) atoms. The summed E-state index contributed by atoms with van der Waals surface area (Å²) in [7, 11) is 1.62. The minimum atomic E-state index is -0.705. The van der Waals surface area contributed by atoms with Crippen LogP contribution in [0.25, 0.3) is 0 Å². The number of benzene rings is 3. The molecular formula is C28H32N2O3. The lowest BCUT2D eigenvalue weighted by molar-refractivity contribution is -0.141. The van der Waals surface area contributed by atoms with Crippen molar-refractivity contribution in [1.29, 1.82) is 0 Å². The van der Waals surface area contributed by atoms with Gasteiger partial charge in [-0.15, -0.1) is 0 Å². The molecule has 0 aliphatic rings. The van der Waals surface area contributed by atoms with E-state index >= 15 is 0 Å². The van der Waals surface area contributed by atoms with Crippen molar-refractivity contribution in [2.24, 2.45) is 0 Å². The van der Waals surface area contributed by atoms with Crippen LogP contribution in [0, 0.1) is 0 Å². The van der Waals surface area contributed by atoms with Gasteiger partial charge in [-0.3, -0.25) is 9.59 Å². The van der Waals surface area contributed by atoms with Crippen LogP contribution in [-0.2, 0) is 22.6 Å². The van der Waals surface area contributed by atoms with Gasteiger partial charge in [-0.05, 0) is 41.7 Å². The van der Waals surface area contributed by atoms with Gasteiger partial charge >= 0.3 is 0 Å². The molecule has 0 radical (unpaired) electrons. The summed E-state index contributed by atoms with van der Waals surface area (Å²) in [5.74, 6) is 0.529. The van der Waals surface area contributed by atoms with Crippen molar-refractivity contribution in [3.8, 4) is 5.75 Å². The van der Waals surface area contributed by atoms with Crippen LogP contribution in [0.4, 0.5) is 0 Å². The number of nitrogens with one attached hydrogen (secondary N) is 1. The van der Waals surface area contributed by atoms with E-state index in [4.69, 9.17) is 4.74 Å². The highest BCUT2D eigenvalue weighted by Crippen LogP contribution is 2.26. The smallest absolute Gasteiger partial charge is 0.247 e. The molecule has 3 aromatic rings. The zero-order valence-corrected chi connectivity index (χ0v) is 19.4. The minimum Gasteiger partial charge on any atom is -0.497 e. The summed E-state index contributed by atoms with van der Waals surface area (Å²) >= 11 is 0. The number of hydrogen-bond acceptors (Lipinski definition) is 3. The lowest BCUT2D eigenvalue weighted by atomic mass is 10.0. The predicted molar refractivity (Wildman–Crippen MR) is 131 cm³/mol. The highest BCUT2D eigenvalue weighted by atomic mass is 16.5. The largest absolute Gasteiger partial charge is 0.497 e. The first-order valence-corrected chi connectivity index (χ1v) is 11.4. The first kappa shape index (κ1) is 24.1. The van der Waals surface area contributed by atoms with Crippen molar-refractivity contribution in [3.05, 3.63) is 102 Å².